The molecule has 0 aromatic heterocycles. The molecule has 0 aliphatic heterocycles. The lowest BCUT2D eigenvalue weighted by molar-refractivity contribution is 0.0686. The van der Waals surface area contributed by atoms with Gasteiger partial charge in [0.2, 0.25) is 0 Å². The largest absolute Gasteiger partial charge is 0.478 e. The number of carboxylic acid groups (broad SMARTS) is 2. The Hall–Kier alpha value is -3.28. The molecular formula is C16H12O6. The molecule has 112 valence electrons. The summed E-state index contributed by atoms with van der Waals surface area (Å²) in [6, 6.07) is 11.7. The molecule has 0 atom stereocenters. The van der Waals surface area contributed by atoms with Crippen molar-refractivity contribution in [2.45, 2.75) is 0 Å². The summed E-state index contributed by atoms with van der Waals surface area (Å²) in [4.78, 5) is 41.1. The number of carbonyl (C=O) groups excluding carboxylic acids is 2. The second-order valence-corrected chi connectivity index (χ2v) is 4.10. The van der Waals surface area contributed by atoms with Crippen molar-refractivity contribution in [3.05, 3.63) is 70.8 Å². The van der Waals surface area contributed by atoms with Gasteiger partial charge in [-0.05, 0) is 24.3 Å². The van der Waals surface area contributed by atoms with Gasteiger partial charge in [-0.15, -0.1) is 0 Å². The van der Waals surface area contributed by atoms with E-state index in [-0.39, 0.29) is 11.1 Å². The number of hydrogen-bond donors (Lipinski definition) is 2. The molecule has 2 rings (SSSR count). The molecule has 0 bridgehead atoms. The lowest BCUT2D eigenvalue weighted by atomic mass is 10.1. The number of carbonyl (C=O) groups is 4. The highest BCUT2D eigenvalue weighted by molar-refractivity contribution is 5.90. The Bertz CT molecular complexity index is 644. The predicted octanol–water partition coefficient (Wildman–Crippen LogP) is 2.39. The molecule has 0 radical (unpaired) electrons. The molecule has 0 saturated carbocycles. The molecule has 22 heavy (non-hydrogen) atoms. The molecule has 2 N–H and O–H groups in total. The third-order valence-electron chi connectivity index (χ3n) is 2.54. The zero-order chi connectivity index (χ0) is 16.5. The summed E-state index contributed by atoms with van der Waals surface area (Å²) >= 11 is 0. The predicted molar refractivity (Wildman–Crippen MR) is 77.6 cm³/mol. The zero-order valence-electron chi connectivity index (χ0n) is 11.3. The molecule has 2 aromatic rings. The van der Waals surface area contributed by atoms with E-state index in [4.69, 9.17) is 10.2 Å². The average Bonchev–Trinajstić information content (AvgIpc) is 2.55. The van der Waals surface area contributed by atoms with Crippen LogP contribution in [-0.2, 0) is 0 Å². The smallest absolute Gasteiger partial charge is 0.335 e. The van der Waals surface area contributed by atoms with Crippen molar-refractivity contribution >= 4 is 24.5 Å². The van der Waals surface area contributed by atoms with E-state index >= 15 is 0 Å². The fourth-order valence-electron chi connectivity index (χ4n) is 1.49. The van der Waals surface area contributed by atoms with E-state index < -0.39 is 11.9 Å². The molecule has 6 heteroatoms. The van der Waals surface area contributed by atoms with Crippen molar-refractivity contribution in [3.8, 4) is 0 Å². The van der Waals surface area contributed by atoms with Crippen molar-refractivity contribution < 1.29 is 29.4 Å². The maximum atomic E-state index is 10.4. The molecule has 0 fully saturated rings. The second-order valence-electron chi connectivity index (χ2n) is 4.10. The second kappa shape index (κ2) is 8.11. The van der Waals surface area contributed by atoms with E-state index in [0.29, 0.717) is 23.7 Å². The minimum Gasteiger partial charge on any atom is -0.478 e. The summed E-state index contributed by atoms with van der Waals surface area (Å²) in [5, 5.41) is 17.0. The van der Waals surface area contributed by atoms with Crippen LogP contribution in [0.5, 0.6) is 0 Å². The first-order chi connectivity index (χ1) is 10.5. The van der Waals surface area contributed by atoms with Gasteiger partial charge in [0.1, 0.15) is 12.6 Å². The van der Waals surface area contributed by atoms with Crippen LogP contribution in [-0.4, -0.2) is 34.7 Å². The Morgan fingerprint density at radius 2 is 1.09 bits per heavy atom. The molecule has 0 aliphatic rings. The van der Waals surface area contributed by atoms with Crippen molar-refractivity contribution in [2.24, 2.45) is 0 Å². The summed E-state index contributed by atoms with van der Waals surface area (Å²) in [5.74, 6) is -2.04. The van der Waals surface area contributed by atoms with Crippen molar-refractivity contribution in [1.29, 1.82) is 0 Å². The van der Waals surface area contributed by atoms with Crippen LogP contribution >= 0.6 is 0 Å². The van der Waals surface area contributed by atoms with Gasteiger partial charge in [-0.1, -0.05) is 24.3 Å². The first-order valence-corrected chi connectivity index (χ1v) is 6.05. The van der Waals surface area contributed by atoms with Crippen LogP contribution in [0.25, 0.3) is 0 Å². The van der Waals surface area contributed by atoms with Crippen molar-refractivity contribution in [3.63, 3.8) is 0 Å². The lowest BCUT2D eigenvalue weighted by Crippen LogP contribution is -1.96. The molecule has 0 aliphatic carbocycles. The molecule has 2 aromatic carbocycles. The monoisotopic (exact) mass is 300 g/mol. The van der Waals surface area contributed by atoms with Crippen LogP contribution < -0.4 is 0 Å². The zero-order valence-corrected chi connectivity index (χ0v) is 11.3. The Kier molecular flexibility index (Phi) is 6.18. The topological polar surface area (TPSA) is 109 Å². The number of aldehydes is 2. The van der Waals surface area contributed by atoms with Gasteiger partial charge in [-0.2, -0.15) is 0 Å². The number of aromatic carboxylic acids is 2. The highest BCUT2D eigenvalue weighted by Crippen LogP contribution is 2.03. The van der Waals surface area contributed by atoms with Gasteiger partial charge in [0.05, 0.1) is 11.1 Å². The molecule has 0 spiro atoms. The Labute approximate surface area is 125 Å². The molecule has 0 unspecified atom stereocenters. The van der Waals surface area contributed by atoms with E-state index in [1.807, 2.05) is 0 Å². The summed E-state index contributed by atoms with van der Waals surface area (Å²) in [7, 11) is 0. The fourth-order valence-corrected chi connectivity index (χ4v) is 1.49. The van der Waals surface area contributed by atoms with Crippen molar-refractivity contribution in [2.75, 3.05) is 0 Å². The first-order valence-electron chi connectivity index (χ1n) is 6.05. The van der Waals surface area contributed by atoms with E-state index in [2.05, 4.69) is 0 Å². The quantitative estimate of drug-likeness (QED) is 0.839. The van der Waals surface area contributed by atoms with Gasteiger partial charge in [0.25, 0.3) is 0 Å². The third kappa shape index (κ3) is 5.01. The van der Waals surface area contributed by atoms with Crippen LogP contribution in [0.4, 0.5) is 0 Å². The summed E-state index contributed by atoms with van der Waals surface area (Å²) in [5.41, 5.74) is 1.03. The number of hydrogen-bond acceptors (Lipinski definition) is 4. The highest BCUT2D eigenvalue weighted by Gasteiger charge is 2.01. The molecule has 6 nitrogen and oxygen atoms in total. The maximum absolute atomic E-state index is 10.4. The summed E-state index contributed by atoms with van der Waals surface area (Å²) < 4.78 is 0. The molecule has 0 amide bonds. The standard InChI is InChI=1S/2C8H6O3/c2*9-5-6-2-1-3-7(4-6)8(10)11/h2*1-5H,(H,10,11). The number of rotatable bonds is 4. The van der Waals surface area contributed by atoms with E-state index in [0.717, 1.165) is 0 Å². The molecule has 0 saturated heterocycles. The van der Waals surface area contributed by atoms with Crippen molar-refractivity contribution in [1.82, 2.24) is 0 Å². The van der Waals surface area contributed by atoms with E-state index in [9.17, 15) is 19.2 Å². The molecular weight excluding hydrogens is 288 g/mol. The molecule has 0 heterocycles. The Morgan fingerprint density at radius 3 is 1.36 bits per heavy atom. The normalized spacial score (nSPS) is 9.09. The van der Waals surface area contributed by atoms with Crippen LogP contribution in [0.2, 0.25) is 0 Å². The number of carboxylic acids is 2. The van der Waals surface area contributed by atoms with Gasteiger partial charge in [-0.3, -0.25) is 9.59 Å². The van der Waals surface area contributed by atoms with Crippen LogP contribution in [0.3, 0.4) is 0 Å². The lowest BCUT2D eigenvalue weighted by Gasteiger charge is -1.92. The minimum atomic E-state index is -1.02. The summed E-state index contributed by atoms with van der Waals surface area (Å²) in [6.45, 7) is 0. The Balaban J connectivity index is 0.000000220. The van der Waals surface area contributed by atoms with Crippen LogP contribution in [0.1, 0.15) is 41.4 Å². The Morgan fingerprint density at radius 1 is 0.727 bits per heavy atom. The van der Waals surface area contributed by atoms with Gasteiger partial charge < -0.3 is 10.2 Å². The van der Waals surface area contributed by atoms with Gasteiger partial charge >= 0.3 is 11.9 Å². The van der Waals surface area contributed by atoms with E-state index in [1.54, 1.807) is 12.1 Å². The van der Waals surface area contributed by atoms with Crippen LogP contribution in [0, 0.1) is 0 Å². The minimum absolute atomic E-state index is 0.134. The third-order valence-corrected chi connectivity index (χ3v) is 2.54. The summed E-state index contributed by atoms with van der Waals surface area (Å²) in [6.07, 6.45) is 1.23. The maximum Gasteiger partial charge on any atom is 0.335 e. The first kappa shape index (κ1) is 16.8. The SMILES string of the molecule is O=Cc1cccc(C(=O)O)c1.O=Cc1cccc(C(=O)O)c1. The average molecular weight is 300 g/mol. The van der Waals surface area contributed by atoms with Gasteiger partial charge in [0.15, 0.2) is 0 Å². The highest BCUT2D eigenvalue weighted by atomic mass is 16.4. The van der Waals surface area contributed by atoms with Crippen LogP contribution in [0.15, 0.2) is 48.5 Å². The number of benzene rings is 2. The van der Waals surface area contributed by atoms with Gasteiger partial charge in [-0.25, -0.2) is 9.59 Å². The van der Waals surface area contributed by atoms with Gasteiger partial charge in [0, 0.05) is 11.1 Å². The fraction of sp³-hybridized carbons (Fsp3) is 0. The van der Waals surface area contributed by atoms with E-state index in [1.165, 1.54) is 36.4 Å².